The van der Waals surface area contributed by atoms with Gasteiger partial charge >= 0.3 is 5.97 Å². The summed E-state index contributed by atoms with van der Waals surface area (Å²) < 4.78 is 0. The zero-order valence-corrected chi connectivity index (χ0v) is 10.8. The highest BCUT2D eigenvalue weighted by atomic mass is 16.4. The summed E-state index contributed by atoms with van der Waals surface area (Å²) in [5.74, 6) is -0.853. The molecule has 0 fully saturated rings. The molecule has 0 radical (unpaired) electrons. The Balaban J connectivity index is 2.68. The minimum Gasteiger partial charge on any atom is -0.480 e. The van der Waals surface area contributed by atoms with Crippen LogP contribution >= 0.6 is 0 Å². The van der Waals surface area contributed by atoms with Crippen molar-refractivity contribution in [1.29, 1.82) is 0 Å². The van der Waals surface area contributed by atoms with Gasteiger partial charge in [-0.05, 0) is 31.2 Å². The van der Waals surface area contributed by atoms with Crippen molar-refractivity contribution in [3.63, 3.8) is 0 Å². The fraction of sp³-hybridized carbons (Fsp3) is 0.417. The van der Waals surface area contributed by atoms with E-state index >= 15 is 0 Å². The zero-order valence-electron chi connectivity index (χ0n) is 10.8. The highest BCUT2D eigenvalue weighted by molar-refractivity contribution is 5.73. The maximum Gasteiger partial charge on any atom is 0.321 e. The molecule has 1 atom stereocenters. The smallest absolute Gasteiger partial charge is 0.321 e. The number of hydrogen-bond donors (Lipinski definition) is 2. The molecule has 0 saturated heterocycles. The molecule has 0 spiro atoms. The number of carbonyl (C=O) groups is 1. The molecule has 0 amide bonds. The van der Waals surface area contributed by atoms with E-state index in [-0.39, 0.29) is 0 Å². The number of carboxylic acids is 1. The van der Waals surface area contributed by atoms with Gasteiger partial charge in [-0.2, -0.15) is 0 Å². The topological polar surface area (TPSA) is 77.3 Å². The van der Waals surface area contributed by atoms with E-state index in [1.807, 2.05) is 24.3 Å². The van der Waals surface area contributed by atoms with Crippen LogP contribution in [-0.2, 0) is 11.2 Å². The minimum atomic E-state index is -0.853. The van der Waals surface area contributed by atoms with Gasteiger partial charge in [0.2, 0.25) is 0 Å². The molecule has 0 bridgehead atoms. The average Bonchev–Trinajstić information content (AvgIpc) is 2.34. The van der Waals surface area contributed by atoms with Gasteiger partial charge in [0.1, 0.15) is 6.04 Å². The quantitative estimate of drug-likeness (QED) is 0.592. The van der Waals surface area contributed by atoms with E-state index in [0.29, 0.717) is 6.42 Å². The van der Waals surface area contributed by atoms with Crippen molar-refractivity contribution in [3.05, 3.63) is 29.8 Å². The molecule has 6 heteroatoms. The van der Waals surface area contributed by atoms with Crippen LogP contribution in [-0.4, -0.2) is 43.3 Å². The second-order valence-electron chi connectivity index (χ2n) is 4.09. The second kappa shape index (κ2) is 6.70. The summed E-state index contributed by atoms with van der Waals surface area (Å²) in [5.41, 5.74) is 1.68. The number of hydrogen-bond acceptors (Lipinski definition) is 4. The fourth-order valence-electron chi connectivity index (χ4n) is 1.39. The van der Waals surface area contributed by atoms with Crippen LogP contribution in [0.1, 0.15) is 5.56 Å². The van der Waals surface area contributed by atoms with Crippen LogP contribution in [0.3, 0.4) is 0 Å². The summed E-state index contributed by atoms with van der Waals surface area (Å²) in [4.78, 5) is 10.9. The summed E-state index contributed by atoms with van der Waals surface area (Å²) in [6.07, 6.45) is 0.441. The maximum atomic E-state index is 10.9. The molecule has 2 N–H and O–H groups in total. The molecule has 18 heavy (non-hydrogen) atoms. The number of nitrogens with one attached hydrogen (secondary N) is 1. The van der Waals surface area contributed by atoms with Gasteiger partial charge in [-0.15, -0.1) is 5.11 Å². The Labute approximate surface area is 106 Å². The lowest BCUT2D eigenvalue weighted by Crippen LogP contribution is -2.35. The van der Waals surface area contributed by atoms with Crippen molar-refractivity contribution in [2.45, 2.75) is 12.5 Å². The maximum absolute atomic E-state index is 10.9. The van der Waals surface area contributed by atoms with Crippen LogP contribution in [0.15, 0.2) is 34.6 Å². The molecule has 6 nitrogen and oxygen atoms in total. The third kappa shape index (κ3) is 4.50. The highest BCUT2D eigenvalue weighted by Gasteiger charge is 2.14. The Morgan fingerprint density at radius 2 is 2.00 bits per heavy atom. The number of nitrogens with zero attached hydrogens (tertiary/aromatic N) is 3. The zero-order chi connectivity index (χ0) is 13.5. The van der Waals surface area contributed by atoms with E-state index in [9.17, 15) is 4.79 Å². The lowest BCUT2D eigenvalue weighted by atomic mass is 10.1. The first-order valence-electron chi connectivity index (χ1n) is 5.61. The van der Waals surface area contributed by atoms with Gasteiger partial charge in [0.15, 0.2) is 0 Å². The summed E-state index contributed by atoms with van der Waals surface area (Å²) in [6.45, 7) is 0. The predicted molar refractivity (Wildman–Crippen MR) is 68.8 cm³/mol. The van der Waals surface area contributed by atoms with Gasteiger partial charge < -0.3 is 10.4 Å². The Morgan fingerprint density at radius 1 is 1.39 bits per heavy atom. The highest BCUT2D eigenvalue weighted by Crippen LogP contribution is 2.14. The van der Waals surface area contributed by atoms with Gasteiger partial charge in [0.05, 0.1) is 5.69 Å². The Morgan fingerprint density at radius 3 is 2.44 bits per heavy atom. The standard InChI is InChI=1S/C12H18N4O2/c1-13-11(12(17)18)8-9-4-6-10(7-5-9)14-15-16(2)3/h4-7,11,13H,8H2,1-3H3,(H,17,18)/t11-/m0/s1. The fourth-order valence-corrected chi connectivity index (χ4v) is 1.39. The van der Waals surface area contributed by atoms with Gasteiger partial charge in [-0.3, -0.25) is 9.80 Å². The van der Waals surface area contributed by atoms with E-state index in [1.54, 1.807) is 26.2 Å². The first-order chi connectivity index (χ1) is 8.52. The molecule has 0 aliphatic rings. The lowest BCUT2D eigenvalue weighted by Gasteiger charge is -2.10. The summed E-state index contributed by atoms with van der Waals surface area (Å²) in [6, 6.07) is 6.78. The molecule has 0 aliphatic heterocycles. The van der Waals surface area contributed by atoms with E-state index < -0.39 is 12.0 Å². The molecule has 1 rings (SSSR count). The molecule has 98 valence electrons. The largest absolute Gasteiger partial charge is 0.480 e. The normalized spacial score (nSPS) is 12.6. The number of aliphatic carboxylic acids is 1. The number of carboxylic acid groups (broad SMARTS) is 1. The van der Waals surface area contributed by atoms with Crippen molar-refractivity contribution >= 4 is 11.7 Å². The van der Waals surface area contributed by atoms with Gasteiger partial charge in [-0.1, -0.05) is 17.4 Å². The van der Waals surface area contributed by atoms with Crippen LogP contribution in [0.2, 0.25) is 0 Å². The number of benzene rings is 1. The van der Waals surface area contributed by atoms with Crippen molar-refractivity contribution in [1.82, 2.24) is 10.3 Å². The summed E-state index contributed by atoms with van der Waals surface area (Å²) >= 11 is 0. The lowest BCUT2D eigenvalue weighted by molar-refractivity contribution is -0.139. The third-order valence-corrected chi connectivity index (χ3v) is 2.36. The van der Waals surface area contributed by atoms with Gasteiger partial charge in [-0.25, -0.2) is 0 Å². The van der Waals surface area contributed by atoms with Gasteiger partial charge in [0, 0.05) is 14.1 Å². The van der Waals surface area contributed by atoms with Crippen LogP contribution < -0.4 is 5.32 Å². The van der Waals surface area contributed by atoms with Crippen molar-refractivity contribution < 1.29 is 9.90 Å². The first kappa shape index (κ1) is 14.1. The molecule has 1 aromatic carbocycles. The van der Waals surface area contributed by atoms with E-state index in [0.717, 1.165) is 11.3 Å². The van der Waals surface area contributed by atoms with Crippen LogP contribution in [0.25, 0.3) is 0 Å². The Kier molecular flexibility index (Phi) is 5.26. The average molecular weight is 250 g/mol. The van der Waals surface area contributed by atoms with Crippen LogP contribution in [0.5, 0.6) is 0 Å². The SMILES string of the molecule is CN[C@@H](Cc1ccc(N=NN(C)C)cc1)C(=O)O. The van der Waals surface area contributed by atoms with Crippen molar-refractivity contribution in [2.75, 3.05) is 21.1 Å². The minimum absolute atomic E-state index is 0.441. The van der Waals surface area contributed by atoms with E-state index in [4.69, 9.17) is 5.11 Å². The molecular weight excluding hydrogens is 232 g/mol. The Hall–Kier alpha value is -1.95. The predicted octanol–water partition coefficient (Wildman–Crippen LogP) is 1.46. The van der Waals surface area contributed by atoms with Crippen LogP contribution in [0.4, 0.5) is 5.69 Å². The monoisotopic (exact) mass is 250 g/mol. The van der Waals surface area contributed by atoms with Crippen LogP contribution in [0, 0.1) is 0 Å². The molecular formula is C12H18N4O2. The van der Waals surface area contributed by atoms with E-state index in [1.165, 1.54) is 0 Å². The van der Waals surface area contributed by atoms with E-state index in [2.05, 4.69) is 15.7 Å². The van der Waals surface area contributed by atoms with Gasteiger partial charge in [0.25, 0.3) is 0 Å². The molecule has 1 aromatic rings. The Bertz CT molecular complexity index is 415. The molecule has 0 heterocycles. The second-order valence-corrected chi connectivity index (χ2v) is 4.09. The molecule has 0 unspecified atom stereocenters. The van der Waals surface area contributed by atoms with Crippen molar-refractivity contribution in [3.8, 4) is 0 Å². The number of likely N-dealkylation sites (N-methyl/N-ethyl adjacent to an activating group) is 1. The molecule has 0 saturated carbocycles. The number of rotatable bonds is 6. The first-order valence-corrected chi connectivity index (χ1v) is 5.61. The van der Waals surface area contributed by atoms with Crippen molar-refractivity contribution in [2.24, 2.45) is 10.3 Å². The third-order valence-electron chi connectivity index (χ3n) is 2.36. The summed E-state index contributed by atoms with van der Waals surface area (Å²) in [5, 5.41) is 21.2. The molecule has 0 aromatic heterocycles. The summed E-state index contributed by atoms with van der Waals surface area (Å²) in [7, 11) is 5.23. The molecule has 0 aliphatic carbocycles.